The van der Waals surface area contributed by atoms with Crippen LogP contribution in [-0.4, -0.2) is 26.5 Å². The summed E-state index contributed by atoms with van der Waals surface area (Å²) in [5, 5.41) is 0. The molecule has 0 radical (unpaired) electrons. The van der Waals surface area contributed by atoms with Crippen LogP contribution in [0.1, 0.15) is 11.7 Å². The Morgan fingerprint density at radius 1 is 1.35 bits per heavy atom. The van der Waals surface area contributed by atoms with Gasteiger partial charge in [-0.15, -0.1) is 0 Å². The molecule has 0 fully saturated rings. The van der Waals surface area contributed by atoms with Crippen LogP contribution in [0.25, 0.3) is 0 Å². The summed E-state index contributed by atoms with van der Waals surface area (Å²) in [6, 6.07) is 9.53. The Kier molecular flexibility index (Phi) is 5.82. The molecular weight excluding hydrogens is 220 g/mol. The number of hydrogen-bond acceptors (Lipinski definition) is 4. The van der Waals surface area contributed by atoms with Crippen LogP contribution in [0.2, 0.25) is 0 Å². The van der Waals surface area contributed by atoms with Crippen LogP contribution in [0, 0.1) is 0 Å². The highest BCUT2D eigenvalue weighted by atomic mass is 16.7. The average Bonchev–Trinajstić information content (AvgIpc) is 2.38. The zero-order valence-corrected chi connectivity index (χ0v) is 9.80. The molecule has 92 valence electrons. The minimum atomic E-state index is -0.720. The van der Waals surface area contributed by atoms with E-state index in [9.17, 15) is 4.79 Å². The van der Waals surface area contributed by atoms with Crippen LogP contribution in [0.15, 0.2) is 43.0 Å². The molecule has 0 aliphatic rings. The molecule has 0 aromatic heterocycles. The van der Waals surface area contributed by atoms with Crippen molar-refractivity contribution in [2.24, 2.45) is 0 Å². The van der Waals surface area contributed by atoms with E-state index in [4.69, 9.17) is 9.47 Å². The summed E-state index contributed by atoms with van der Waals surface area (Å²) in [6.07, 6.45) is 0.474. The molecule has 0 aliphatic carbocycles. The molecule has 4 heteroatoms. The lowest BCUT2D eigenvalue weighted by atomic mass is 10.1. The maximum absolute atomic E-state index is 11.1. The Bertz CT molecular complexity index is 348. The van der Waals surface area contributed by atoms with Crippen LogP contribution in [0.5, 0.6) is 0 Å². The maximum atomic E-state index is 11.1. The number of carbonyl (C=O) groups excluding carboxylic acids is 1. The van der Waals surface area contributed by atoms with E-state index in [-0.39, 0.29) is 19.3 Å². The van der Waals surface area contributed by atoms with Gasteiger partial charge in [0.05, 0.1) is 0 Å². The summed E-state index contributed by atoms with van der Waals surface area (Å²) in [7, 11) is 1.57. The largest absolute Gasteiger partial charge is 0.508 e. The fraction of sp³-hybridized carbons (Fsp3) is 0.308. The van der Waals surface area contributed by atoms with E-state index in [1.165, 1.54) is 6.08 Å². The van der Waals surface area contributed by atoms with Crippen LogP contribution in [-0.2, 0) is 14.2 Å². The molecule has 0 amide bonds. The second kappa shape index (κ2) is 7.46. The van der Waals surface area contributed by atoms with E-state index < -0.39 is 6.16 Å². The lowest BCUT2D eigenvalue weighted by molar-refractivity contribution is 0.00475. The SMILES string of the molecule is C=CCOC(=O)OC[C@H](OC)c1ccccc1. The highest BCUT2D eigenvalue weighted by Gasteiger charge is 2.13. The van der Waals surface area contributed by atoms with Gasteiger partial charge in [-0.2, -0.15) is 0 Å². The van der Waals surface area contributed by atoms with Crippen LogP contribution < -0.4 is 0 Å². The predicted molar refractivity (Wildman–Crippen MR) is 63.7 cm³/mol. The Labute approximate surface area is 101 Å². The number of ether oxygens (including phenoxy) is 3. The van der Waals surface area contributed by atoms with E-state index in [1.807, 2.05) is 30.3 Å². The molecule has 0 unspecified atom stereocenters. The minimum Gasteiger partial charge on any atom is -0.431 e. The molecule has 0 saturated heterocycles. The van der Waals surface area contributed by atoms with Gasteiger partial charge in [0.2, 0.25) is 0 Å². The molecule has 0 spiro atoms. The van der Waals surface area contributed by atoms with Crippen molar-refractivity contribution in [1.82, 2.24) is 0 Å². The van der Waals surface area contributed by atoms with Gasteiger partial charge >= 0.3 is 6.16 Å². The Hall–Kier alpha value is -1.81. The lowest BCUT2D eigenvalue weighted by Crippen LogP contribution is -2.15. The highest BCUT2D eigenvalue weighted by Crippen LogP contribution is 2.16. The van der Waals surface area contributed by atoms with E-state index in [0.29, 0.717) is 0 Å². The Morgan fingerprint density at radius 2 is 2.06 bits per heavy atom. The first kappa shape index (κ1) is 13.3. The van der Waals surface area contributed by atoms with E-state index in [1.54, 1.807) is 7.11 Å². The van der Waals surface area contributed by atoms with Crippen LogP contribution >= 0.6 is 0 Å². The number of carbonyl (C=O) groups is 1. The van der Waals surface area contributed by atoms with Crippen molar-refractivity contribution in [3.05, 3.63) is 48.6 Å². The van der Waals surface area contributed by atoms with E-state index in [2.05, 4.69) is 11.3 Å². The topological polar surface area (TPSA) is 44.8 Å². The summed E-state index contributed by atoms with van der Waals surface area (Å²) in [4.78, 5) is 11.1. The molecule has 1 atom stereocenters. The van der Waals surface area contributed by atoms with Crippen molar-refractivity contribution >= 4 is 6.16 Å². The normalized spacial score (nSPS) is 11.6. The zero-order chi connectivity index (χ0) is 12.5. The third-order valence-corrected chi connectivity index (χ3v) is 2.13. The molecule has 0 heterocycles. The summed E-state index contributed by atoms with van der Waals surface area (Å²) in [5.74, 6) is 0. The average molecular weight is 236 g/mol. The molecular formula is C13H16O4. The number of hydrogen-bond donors (Lipinski definition) is 0. The minimum absolute atomic E-state index is 0.122. The lowest BCUT2D eigenvalue weighted by Gasteiger charge is -2.15. The Balaban J connectivity index is 2.43. The third-order valence-electron chi connectivity index (χ3n) is 2.13. The van der Waals surface area contributed by atoms with Gasteiger partial charge in [0.1, 0.15) is 19.3 Å². The predicted octanol–water partition coefficient (Wildman–Crippen LogP) is 2.71. The second-order valence-corrected chi connectivity index (χ2v) is 3.30. The standard InChI is InChI=1S/C13H16O4/c1-3-9-16-13(14)17-10-12(15-2)11-7-5-4-6-8-11/h3-8,12H,1,9-10H2,2H3/t12-/m0/s1. The van der Waals surface area contributed by atoms with Gasteiger partial charge in [-0.05, 0) is 5.56 Å². The fourth-order valence-electron chi connectivity index (χ4n) is 1.28. The maximum Gasteiger partial charge on any atom is 0.508 e. The Morgan fingerprint density at radius 3 is 2.65 bits per heavy atom. The third kappa shape index (κ3) is 4.70. The smallest absolute Gasteiger partial charge is 0.431 e. The van der Waals surface area contributed by atoms with Crippen molar-refractivity contribution < 1.29 is 19.0 Å². The summed E-state index contributed by atoms with van der Waals surface area (Å²) in [5.41, 5.74) is 0.950. The van der Waals surface area contributed by atoms with E-state index in [0.717, 1.165) is 5.56 Å². The van der Waals surface area contributed by atoms with Crippen molar-refractivity contribution in [1.29, 1.82) is 0 Å². The molecule has 0 N–H and O–H groups in total. The van der Waals surface area contributed by atoms with Crippen molar-refractivity contribution in [2.45, 2.75) is 6.10 Å². The summed E-state index contributed by atoms with van der Waals surface area (Å²) >= 11 is 0. The van der Waals surface area contributed by atoms with E-state index >= 15 is 0 Å². The number of benzene rings is 1. The highest BCUT2D eigenvalue weighted by molar-refractivity contribution is 5.60. The molecule has 0 bridgehead atoms. The first-order valence-electron chi connectivity index (χ1n) is 5.26. The molecule has 17 heavy (non-hydrogen) atoms. The second-order valence-electron chi connectivity index (χ2n) is 3.30. The van der Waals surface area contributed by atoms with Gasteiger partial charge in [-0.1, -0.05) is 43.0 Å². The van der Waals surface area contributed by atoms with Crippen molar-refractivity contribution in [3.63, 3.8) is 0 Å². The van der Waals surface area contributed by atoms with Gasteiger partial charge < -0.3 is 14.2 Å². The monoisotopic (exact) mass is 236 g/mol. The molecule has 0 aliphatic heterocycles. The van der Waals surface area contributed by atoms with Crippen molar-refractivity contribution in [2.75, 3.05) is 20.3 Å². The molecule has 4 nitrogen and oxygen atoms in total. The van der Waals surface area contributed by atoms with Crippen molar-refractivity contribution in [3.8, 4) is 0 Å². The first-order chi connectivity index (χ1) is 8.27. The molecule has 1 aromatic carbocycles. The number of methoxy groups -OCH3 is 1. The summed E-state index contributed by atoms with van der Waals surface area (Å²) in [6.45, 7) is 3.70. The molecule has 1 rings (SSSR count). The van der Waals surface area contributed by atoms with Crippen LogP contribution in [0.4, 0.5) is 4.79 Å². The molecule has 0 saturated carbocycles. The fourth-order valence-corrected chi connectivity index (χ4v) is 1.28. The van der Waals surface area contributed by atoms with Crippen LogP contribution in [0.3, 0.4) is 0 Å². The van der Waals surface area contributed by atoms with Gasteiger partial charge in [0.25, 0.3) is 0 Å². The zero-order valence-electron chi connectivity index (χ0n) is 9.80. The van der Waals surface area contributed by atoms with Gasteiger partial charge in [-0.3, -0.25) is 0 Å². The van der Waals surface area contributed by atoms with Gasteiger partial charge in [0.15, 0.2) is 0 Å². The first-order valence-corrected chi connectivity index (χ1v) is 5.26. The van der Waals surface area contributed by atoms with Gasteiger partial charge in [-0.25, -0.2) is 4.79 Å². The van der Waals surface area contributed by atoms with Gasteiger partial charge in [0, 0.05) is 7.11 Å². The quantitative estimate of drug-likeness (QED) is 0.562. The summed E-state index contributed by atoms with van der Waals surface area (Å²) < 4.78 is 14.8. The number of rotatable bonds is 6. The molecule has 1 aromatic rings.